The highest BCUT2D eigenvalue weighted by Gasteiger charge is 2.37. The number of hydrogen-bond acceptors (Lipinski definition) is 10. The molecule has 0 atom stereocenters. The van der Waals surface area contributed by atoms with Crippen molar-refractivity contribution in [1.82, 2.24) is 9.80 Å². The second-order valence-electron chi connectivity index (χ2n) is 9.28. The fourth-order valence-electron chi connectivity index (χ4n) is 4.56. The molecule has 0 aromatic heterocycles. The van der Waals surface area contributed by atoms with Gasteiger partial charge in [0.05, 0.1) is 27.9 Å². The molecule has 5 rings (SSSR count). The van der Waals surface area contributed by atoms with Crippen molar-refractivity contribution in [1.29, 1.82) is 0 Å². The molecule has 42 heavy (non-hydrogen) atoms. The molecule has 1 saturated heterocycles. The van der Waals surface area contributed by atoms with Crippen LogP contribution in [0.3, 0.4) is 0 Å². The van der Waals surface area contributed by atoms with Gasteiger partial charge < -0.3 is 14.4 Å². The van der Waals surface area contributed by atoms with Gasteiger partial charge in [-0.25, -0.2) is 0 Å². The Labute approximate surface area is 242 Å². The van der Waals surface area contributed by atoms with Crippen LogP contribution in [-0.2, 0) is 22.6 Å². The predicted molar refractivity (Wildman–Crippen MR) is 151 cm³/mol. The second kappa shape index (κ2) is 11.7. The van der Waals surface area contributed by atoms with E-state index in [9.17, 15) is 34.6 Å². The van der Waals surface area contributed by atoms with Gasteiger partial charge in [-0.2, -0.15) is 0 Å². The minimum absolute atomic E-state index is 0.0772. The van der Waals surface area contributed by atoms with Crippen LogP contribution >= 0.6 is 11.8 Å². The van der Waals surface area contributed by atoms with Crippen LogP contribution in [0.4, 0.5) is 16.2 Å². The van der Waals surface area contributed by atoms with E-state index in [-0.39, 0.29) is 34.6 Å². The van der Waals surface area contributed by atoms with Crippen molar-refractivity contribution in [2.45, 2.75) is 13.0 Å². The molecule has 2 heterocycles. The number of thioether (sulfide) groups is 1. The lowest BCUT2D eigenvalue weighted by molar-refractivity contribution is -0.394. The number of amides is 3. The summed E-state index contributed by atoms with van der Waals surface area (Å²) in [7, 11) is 1.34. The Morgan fingerprint density at radius 1 is 0.976 bits per heavy atom. The third-order valence-corrected chi connectivity index (χ3v) is 7.61. The van der Waals surface area contributed by atoms with E-state index in [4.69, 9.17) is 9.47 Å². The highest BCUT2D eigenvalue weighted by atomic mass is 32.2. The lowest BCUT2D eigenvalue weighted by Gasteiger charge is -2.29. The number of carbonyl (C=O) groups excluding carboxylic acids is 3. The molecule has 13 nitrogen and oxygen atoms in total. The van der Waals surface area contributed by atoms with Crippen LogP contribution in [0.15, 0.2) is 65.6 Å². The van der Waals surface area contributed by atoms with Crippen molar-refractivity contribution >= 4 is 46.3 Å². The van der Waals surface area contributed by atoms with E-state index < -0.39 is 32.4 Å². The van der Waals surface area contributed by atoms with Crippen molar-refractivity contribution in [2.75, 3.05) is 20.2 Å². The quantitative estimate of drug-likeness (QED) is 0.200. The summed E-state index contributed by atoms with van der Waals surface area (Å²) in [4.78, 5) is 62.2. The zero-order valence-electron chi connectivity index (χ0n) is 22.1. The normalized spacial score (nSPS) is 15.5. The average molecular weight is 591 g/mol. The molecule has 14 heteroatoms. The number of non-ortho nitro benzene ring substituents is 1. The van der Waals surface area contributed by atoms with Crippen LogP contribution in [0.1, 0.15) is 16.7 Å². The summed E-state index contributed by atoms with van der Waals surface area (Å²) >= 11 is 0.709. The fourth-order valence-corrected chi connectivity index (χ4v) is 5.39. The van der Waals surface area contributed by atoms with Gasteiger partial charge >= 0.3 is 5.69 Å². The molecule has 2 aliphatic heterocycles. The SMILES string of the molecule is COc1cc(/C=C2/SC(=O)N(CC(=O)N3CCc4ccccc4C3)C2=O)ccc1Oc1ccc([N+](=O)[O-])cc1[N+](=O)[O-]. The number of nitro groups is 2. The van der Waals surface area contributed by atoms with E-state index in [1.54, 1.807) is 11.0 Å². The Bertz CT molecular complexity index is 1670. The standard InChI is InChI=1S/C28H22N4O9S/c1-40-24-12-17(6-8-23(24)41-22-9-7-20(31(36)37)14-21(22)32(38)39)13-25-27(34)30(28(35)42-25)16-26(33)29-11-10-18-4-2-3-5-19(18)15-29/h2-9,12-14H,10-11,15-16H2,1H3/b25-13+. The zero-order chi connectivity index (χ0) is 30.0. The summed E-state index contributed by atoms with van der Waals surface area (Å²) < 4.78 is 11.0. The predicted octanol–water partition coefficient (Wildman–Crippen LogP) is 4.93. The summed E-state index contributed by atoms with van der Waals surface area (Å²) in [5, 5.41) is 21.9. The number of nitrogens with zero attached hydrogens (tertiary/aromatic N) is 4. The highest BCUT2D eigenvalue weighted by molar-refractivity contribution is 8.18. The first-order valence-electron chi connectivity index (χ1n) is 12.5. The summed E-state index contributed by atoms with van der Waals surface area (Å²) in [6, 6.07) is 15.3. The van der Waals surface area contributed by atoms with Gasteiger partial charge in [0.1, 0.15) is 6.54 Å². The molecule has 0 N–H and O–H groups in total. The molecule has 0 aliphatic carbocycles. The number of benzene rings is 3. The molecule has 0 radical (unpaired) electrons. The summed E-state index contributed by atoms with van der Waals surface area (Å²) in [5.74, 6) is -0.933. The van der Waals surface area contributed by atoms with E-state index in [0.29, 0.717) is 36.8 Å². The van der Waals surface area contributed by atoms with Crippen molar-refractivity contribution in [2.24, 2.45) is 0 Å². The number of ether oxygens (including phenoxy) is 2. The summed E-state index contributed by atoms with van der Waals surface area (Å²) in [6.07, 6.45) is 2.16. The Kier molecular flexibility index (Phi) is 7.88. The minimum atomic E-state index is -0.797. The van der Waals surface area contributed by atoms with Crippen molar-refractivity contribution in [3.05, 3.63) is 102 Å². The lowest BCUT2D eigenvalue weighted by atomic mass is 10.00. The molecular weight excluding hydrogens is 568 g/mol. The maximum Gasteiger partial charge on any atom is 0.318 e. The number of rotatable bonds is 8. The average Bonchev–Trinajstić information content (AvgIpc) is 3.24. The van der Waals surface area contributed by atoms with Gasteiger partial charge in [-0.3, -0.25) is 39.5 Å². The van der Waals surface area contributed by atoms with E-state index >= 15 is 0 Å². The molecule has 1 fully saturated rings. The molecule has 3 aromatic rings. The topological polar surface area (TPSA) is 162 Å². The van der Waals surface area contributed by atoms with E-state index in [0.717, 1.165) is 28.7 Å². The van der Waals surface area contributed by atoms with Crippen LogP contribution in [0.5, 0.6) is 17.2 Å². The molecule has 0 unspecified atom stereocenters. The van der Waals surface area contributed by atoms with Crippen molar-refractivity contribution in [3.8, 4) is 17.2 Å². The number of fused-ring (bicyclic) bond motifs is 1. The summed E-state index contributed by atoms with van der Waals surface area (Å²) in [6.45, 7) is 0.547. The smallest absolute Gasteiger partial charge is 0.318 e. The molecule has 0 bridgehead atoms. The molecule has 3 aromatic carbocycles. The second-order valence-corrected chi connectivity index (χ2v) is 10.3. The first-order valence-corrected chi connectivity index (χ1v) is 13.3. The monoisotopic (exact) mass is 590 g/mol. The Morgan fingerprint density at radius 3 is 2.43 bits per heavy atom. The van der Waals surface area contributed by atoms with Gasteiger partial charge in [-0.15, -0.1) is 0 Å². The van der Waals surface area contributed by atoms with Gasteiger partial charge in [0.25, 0.3) is 16.8 Å². The Balaban J connectivity index is 1.30. The largest absolute Gasteiger partial charge is 0.493 e. The van der Waals surface area contributed by atoms with Gasteiger partial charge in [0, 0.05) is 19.2 Å². The van der Waals surface area contributed by atoms with Crippen LogP contribution in [0, 0.1) is 20.2 Å². The van der Waals surface area contributed by atoms with Gasteiger partial charge in [0.15, 0.2) is 11.5 Å². The van der Waals surface area contributed by atoms with Crippen molar-refractivity contribution in [3.63, 3.8) is 0 Å². The molecule has 0 spiro atoms. The third-order valence-electron chi connectivity index (χ3n) is 6.71. The van der Waals surface area contributed by atoms with Gasteiger partial charge in [0.2, 0.25) is 11.7 Å². The number of hydrogen-bond donors (Lipinski definition) is 0. The van der Waals surface area contributed by atoms with Gasteiger partial charge in [-0.1, -0.05) is 30.3 Å². The number of nitro benzene ring substituents is 2. The number of methoxy groups -OCH3 is 1. The fraction of sp³-hybridized carbons (Fsp3) is 0.179. The Hall–Kier alpha value is -5.24. The van der Waals surface area contributed by atoms with E-state index in [2.05, 4.69) is 0 Å². The molecule has 2 aliphatic rings. The molecular formula is C28H22N4O9S. The third kappa shape index (κ3) is 5.78. The first-order chi connectivity index (χ1) is 20.1. The van der Waals surface area contributed by atoms with Gasteiger partial charge in [-0.05, 0) is 59.1 Å². The van der Waals surface area contributed by atoms with E-state index in [1.165, 1.54) is 30.9 Å². The van der Waals surface area contributed by atoms with Crippen LogP contribution in [-0.4, -0.2) is 56.9 Å². The van der Waals surface area contributed by atoms with Crippen LogP contribution < -0.4 is 9.47 Å². The zero-order valence-corrected chi connectivity index (χ0v) is 22.9. The number of carbonyl (C=O) groups is 3. The van der Waals surface area contributed by atoms with Crippen LogP contribution in [0.2, 0.25) is 0 Å². The van der Waals surface area contributed by atoms with E-state index in [1.807, 2.05) is 24.3 Å². The molecule has 3 amide bonds. The summed E-state index contributed by atoms with van der Waals surface area (Å²) in [5.41, 5.74) is 1.60. The minimum Gasteiger partial charge on any atom is -0.493 e. The van der Waals surface area contributed by atoms with Crippen LogP contribution in [0.25, 0.3) is 6.08 Å². The maximum atomic E-state index is 13.1. The highest BCUT2D eigenvalue weighted by Crippen LogP contribution is 2.39. The lowest BCUT2D eigenvalue weighted by Crippen LogP contribution is -2.44. The Morgan fingerprint density at radius 2 is 1.71 bits per heavy atom. The number of imide groups is 1. The molecule has 214 valence electrons. The van der Waals surface area contributed by atoms with Crippen molar-refractivity contribution < 1.29 is 33.7 Å². The molecule has 0 saturated carbocycles. The first kappa shape index (κ1) is 28.3. The maximum absolute atomic E-state index is 13.1.